The number of fused-ring (bicyclic) bond motifs is 1. The summed E-state index contributed by atoms with van der Waals surface area (Å²) in [5, 5.41) is 20.5. The molecular weight excluding hydrogens is 565 g/mol. The minimum atomic E-state index is -1.19. The molecule has 13 heteroatoms. The zero-order chi connectivity index (χ0) is 28.7. The Bertz CT molecular complexity index is 1510. The van der Waals surface area contributed by atoms with Crippen molar-refractivity contribution < 1.29 is 19.4 Å². The number of hydrogen-bond donors (Lipinski definition) is 1. The highest BCUT2D eigenvalue weighted by Gasteiger charge is 2.19. The van der Waals surface area contributed by atoms with Gasteiger partial charge in [-0.25, -0.2) is 9.78 Å². The number of aryl methyl sites for hydroxylation is 1. The molecule has 0 aliphatic heterocycles. The molecule has 40 heavy (non-hydrogen) atoms. The lowest BCUT2D eigenvalue weighted by Gasteiger charge is -2.20. The quantitative estimate of drug-likeness (QED) is 0.122. The van der Waals surface area contributed by atoms with Crippen molar-refractivity contribution in [3.8, 4) is 0 Å². The van der Waals surface area contributed by atoms with Gasteiger partial charge in [-0.2, -0.15) is 4.99 Å². The van der Waals surface area contributed by atoms with E-state index in [1.54, 1.807) is 16.7 Å². The van der Waals surface area contributed by atoms with Crippen LogP contribution in [0.2, 0.25) is 25.7 Å². The molecule has 1 aromatic carbocycles. The third kappa shape index (κ3) is 7.60. The molecule has 0 unspecified atom stereocenters. The molecule has 0 saturated heterocycles. The lowest BCUT2D eigenvalue weighted by atomic mass is 10.2. The van der Waals surface area contributed by atoms with E-state index < -0.39 is 14.0 Å². The van der Waals surface area contributed by atoms with E-state index in [0.717, 1.165) is 39.7 Å². The van der Waals surface area contributed by atoms with Gasteiger partial charge in [-0.3, -0.25) is 4.57 Å². The number of aromatic nitrogens is 4. The molecule has 3 heterocycles. The minimum Gasteiger partial charge on any atom is -0.464 e. The molecule has 0 atom stereocenters. The Morgan fingerprint density at radius 1 is 1.20 bits per heavy atom. The number of aliphatic hydroxyl groups is 1. The number of benzene rings is 1. The molecule has 0 radical (unpaired) electrons. The van der Waals surface area contributed by atoms with Crippen molar-refractivity contribution in [2.45, 2.75) is 52.2 Å². The number of anilines is 2. The van der Waals surface area contributed by atoms with E-state index >= 15 is 0 Å². The van der Waals surface area contributed by atoms with Crippen molar-refractivity contribution in [1.82, 2.24) is 19.7 Å². The van der Waals surface area contributed by atoms with Gasteiger partial charge in [0.2, 0.25) is 0 Å². The fourth-order valence-corrected chi connectivity index (χ4v) is 6.44. The number of unbranched alkanes of at least 4 members (excludes halogenated alkanes) is 1. The largest absolute Gasteiger partial charge is 0.464 e. The predicted octanol–water partition coefficient (Wildman–Crippen LogP) is 5.50. The van der Waals surface area contributed by atoms with Gasteiger partial charge < -0.3 is 19.5 Å². The van der Waals surface area contributed by atoms with Crippen LogP contribution in [0.4, 0.5) is 16.8 Å². The molecule has 0 spiro atoms. The van der Waals surface area contributed by atoms with Crippen LogP contribution >= 0.6 is 22.7 Å². The van der Waals surface area contributed by atoms with E-state index in [9.17, 15) is 9.90 Å². The van der Waals surface area contributed by atoms with Gasteiger partial charge in [0, 0.05) is 33.2 Å². The fraction of sp³-hybridized carbons (Fsp3) is 0.444. The predicted molar refractivity (Wildman–Crippen MR) is 163 cm³/mol. The number of nitrogens with zero attached hydrogens (tertiary/aromatic N) is 6. The summed E-state index contributed by atoms with van der Waals surface area (Å²) < 4.78 is 14.1. The maximum absolute atomic E-state index is 12.0. The van der Waals surface area contributed by atoms with Gasteiger partial charge in [-0.05, 0) is 49.6 Å². The first kappa shape index (κ1) is 30.0. The molecule has 3 aromatic heterocycles. The summed E-state index contributed by atoms with van der Waals surface area (Å²) in [7, 11) is 0.143. The number of methoxy groups -OCH3 is 1. The summed E-state index contributed by atoms with van der Waals surface area (Å²) in [5.41, 5.74) is 2.17. The highest BCUT2D eigenvalue weighted by Crippen LogP contribution is 2.30. The van der Waals surface area contributed by atoms with Crippen LogP contribution in [0.25, 0.3) is 10.2 Å². The van der Waals surface area contributed by atoms with E-state index in [2.05, 4.69) is 51.5 Å². The summed E-state index contributed by atoms with van der Waals surface area (Å²) in [5.74, 6) is 0.630. The van der Waals surface area contributed by atoms with Gasteiger partial charge in [-0.15, -0.1) is 21.5 Å². The van der Waals surface area contributed by atoms with Crippen molar-refractivity contribution in [3.05, 3.63) is 51.8 Å². The van der Waals surface area contributed by atoms with Gasteiger partial charge in [0.1, 0.15) is 6.73 Å². The maximum atomic E-state index is 12.0. The summed E-state index contributed by atoms with van der Waals surface area (Å²) in [6, 6.07) is 11.2. The van der Waals surface area contributed by atoms with Crippen molar-refractivity contribution in [1.29, 1.82) is 0 Å². The molecule has 0 amide bonds. The highest BCUT2D eigenvalue weighted by molar-refractivity contribution is 7.16. The third-order valence-electron chi connectivity index (χ3n) is 6.14. The zero-order valence-corrected chi connectivity index (χ0v) is 26.2. The van der Waals surface area contributed by atoms with Crippen molar-refractivity contribution >= 4 is 63.7 Å². The first-order chi connectivity index (χ1) is 19.2. The Hall–Kier alpha value is -2.97. The Morgan fingerprint density at radius 3 is 2.73 bits per heavy atom. The fourth-order valence-electron chi connectivity index (χ4n) is 3.84. The van der Waals surface area contributed by atoms with Crippen LogP contribution in [0.5, 0.6) is 0 Å². The smallest absolute Gasteiger partial charge is 0.357 e. The number of thiazole rings is 2. The molecule has 0 bridgehead atoms. The maximum Gasteiger partial charge on any atom is 0.357 e. The Morgan fingerprint density at radius 2 is 2.00 bits per heavy atom. The second-order valence-corrected chi connectivity index (χ2v) is 18.0. The molecule has 4 rings (SSSR count). The first-order valence-electron chi connectivity index (χ1n) is 13.2. The number of aliphatic hydroxyl groups excluding tert-OH is 1. The van der Waals surface area contributed by atoms with E-state index in [1.165, 1.54) is 18.4 Å². The molecule has 10 nitrogen and oxygen atoms in total. The lowest BCUT2D eigenvalue weighted by molar-refractivity contribution is 0.0595. The Labute approximate surface area is 243 Å². The average Bonchev–Trinajstić information content (AvgIpc) is 3.54. The van der Waals surface area contributed by atoms with Crippen LogP contribution in [0.3, 0.4) is 0 Å². The normalized spacial score (nSPS) is 12.3. The first-order valence-corrected chi connectivity index (χ1v) is 18.6. The summed E-state index contributed by atoms with van der Waals surface area (Å²) in [4.78, 5) is 24.0. The van der Waals surface area contributed by atoms with Crippen molar-refractivity contribution in [3.63, 3.8) is 0 Å². The molecule has 4 aromatic rings. The van der Waals surface area contributed by atoms with Crippen LogP contribution in [0.1, 0.15) is 28.9 Å². The molecule has 0 saturated carbocycles. The number of rotatable bonds is 13. The summed E-state index contributed by atoms with van der Waals surface area (Å²) in [6.07, 6.45) is 1.35. The number of esters is 1. The van der Waals surface area contributed by atoms with Crippen molar-refractivity contribution in [2.75, 3.05) is 31.8 Å². The molecular formula is C27H36N6O4S2Si. The van der Waals surface area contributed by atoms with E-state index in [1.807, 2.05) is 30.0 Å². The number of carbonyl (C=O) groups is 1. The lowest BCUT2D eigenvalue weighted by Crippen LogP contribution is -2.23. The van der Waals surface area contributed by atoms with Gasteiger partial charge >= 0.3 is 5.97 Å². The monoisotopic (exact) mass is 600 g/mol. The van der Waals surface area contributed by atoms with Crippen LogP contribution in [0, 0.1) is 6.92 Å². The number of ether oxygens (including phenoxy) is 2. The van der Waals surface area contributed by atoms with Gasteiger partial charge in [-0.1, -0.05) is 43.1 Å². The van der Waals surface area contributed by atoms with Crippen LogP contribution in [-0.4, -0.2) is 65.8 Å². The number of hydrogen-bond acceptors (Lipinski definition) is 11. The van der Waals surface area contributed by atoms with Crippen molar-refractivity contribution in [2.24, 2.45) is 4.99 Å². The topological polar surface area (TPSA) is 115 Å². The number of carbonyl (C=O) groups excluding carboxylic acids is 1. The van der Waals surface area contributed by atoms with E-state index in [-0.39, 0.29) is 12.3 Å². The second kappa shape index (κ2) is 13.6. The average molecular weight is 601 g/mol. The van der Waals surface area contributed by atoms with Crippen LogP contribution in [0.15, 0.2) is 40.7 Å². The molecule has 0 aliphatic rings. The standard InChI is InChI=1S/C27H36N6O4S2Si/c1-19-16-23(32(12-8-9-13-34)26-28-20(17-38-26)25(35)36-2)30-31-24(19)29-27-33(18-37-14-15-40(3,4)5)21-10-6-7-11-22(21)39-27/h6-7,10-11,16-17,34H,8-9,12-15,18H2,1-5H3/b29-27-. The van der Waals surface area contributed by atoms with E-state index in [0.29, 0.717) is 36.5 Å². The molecule has 0 aliphatic carbocycles. The highest BCUT2D eigenvalue weighted by atomic mass is 32.1. The van der Waals surface area contributed by atoms with Crippen LogP contribution < -0.4 is 9.70 Å². The molecule has 214 valence electrons. The van der Waals surface area contributed by atoms with Gasteiger partial charge in [0.15, 0.2) is 27.3 Å². The summed E-state index contributed by atoms with van der Waals surface area (Å²) in [6.45, 7) is 10.8. The molecule has 1 N–H and O–H groups in total. The van der Waals surface area contributed by atoms with Crippen LogP contribution in [-0.2, 0) is 16.2 Å². The third-order valence-corrected chi connectivity index (χ3v) is 9.76. The summed E-state index contributed by atoms with van der Waals surface area (Å²) >= 11 is 2.92. The van der Waals surface area contributed by atoms with Gasteiger partial charge in [0.25, 0.3) is 0 Å². The Balaban J connectivity index is 1.65. The number of para-hydroxylation sites is 1. The second-order valence-electron chi connectivity index (χ2n) is 10.5. The Kier molecular flexibility index (Phi) is 10.2. The SMILES string of the molecule is COC(=O)c1csc(N(CCCCO)c2cc(C)c(/N=c3\sc4ccccc4n3COCC[Si](C)(C)C)nn2)n1. The van der Waals surface area contributed by atoms with Gasteiger partial charge in [0.05, 0.1) is 17.3 Å². The minimum absolute atomic E-state index is 0.0959. The van der Waals surface area contributed by atoms with E-state index in [4.69, 9.17) is 14.5 Å². The zero-order valence-electron chi connectivity index (χ0n) is 23.6. The molecule has 0 fully saturated rings.